The molecule has 0 aromatic carbocycles. The van der Waals surface area contributed by atoms with Crippen LogP contribution in [0.25, 0.3) is 0 Å². The molecule has 16 heavy (non-hydrogen) atoms. The fraction of sp³-hybridized carbons (Fsp3) is 0.917. The number of carbonyl (C=O) groups is 1. The molecule has 1 aliphatic heterocycles. The molecule has 0 bridgehead atoms. The van der Waals surface area contributed by atoms with Gasteiger partial charge in [-0.1, -0.05) is 25.7 Å². The average molecular weight is 244 g/mol. The topological polar surface area (TPSA) is 57.5 Å². The maximum absolute atomic E-state index is 11.7. The van der Waals surface area contributed by atoms with Crippen LogP contribution >= 0.6 is 11.8 Å². The maximum Gasteiger partial charge on any atom is 0.312 e. The second kappa shape index (κ2) is 4.57. The third kappa shape index (κ3) is 1.86. The van der Waals surface area contributed by atoms with Crippen molar-refractivity contribution in [2.75, 3.05) is 11.5 Å². The van der Waals surface area contributed by atoms with E-state index >= 15 is 0 Å². The predicted octanol–water partition coefficient (Wildman–Crippen LogP) is 2.28. The molecule has 3 nitrogen and oxygen atoms in total. The molecule has 0 amide bonds. The van der Waals surface area contributed by atoms with E-state index in [0.29, 0.717) is 25.0 Å². The first-order valence-corrected chi connectivity index (χ1v) is 7.30. The van der Waals surface area contributed by atoms with Gasteiger partial charge in [-0.05, 0) is 25.0 Å². The summed E-state index contributed by atoms with van der Waals surface area (Å²) in [5, 5.41) is 20.2. The number of carboxylic acids is 1. The van der Waals surface area contributed by atoms with Crippen LogP contribution in [-0.4, -0.2) is 33.3 Å². The average Bonchev–Trinajstić information content (AvgIpc) is 2.56. The van der Waals surface area contributed by atoms with Gasteiger partial charge >= 0.3 is 5.97 Å². The quantitative estimate of drug-likeness (QED) is 0.732. The summed E-state index contributed by atoms with van der Waals surface area (Å²) in [6, 6.07) is 0. The number of rotatable bonds is 2. The summed E-state index contributed by atoms with van der Waals surface area (Å²) in [5.74, 6) is 0.713. The van der Waals surface area contributed by atoms with Crippen LogP contribution in [0.5, 0.6) is 0 Å². The number of carboxylic acid groups (broad SMARTS) is 1. The normalized spacial score (nSPS) is 34.6. The van der Waals surface area contributed by atoms with Crippen molar-refractivity contribution in [1.82, 2.24) is 0 Å². The van der Waals surface area contributed by atoms with Gasteiger partial charge in [0.25, 0.3) is 0 Å². The van der Waals surface area contributed by atoms with Crippen LogP contribution in [0.1, 0.15) is 44.9 Å². The van der Waals surface area contributed by atoms with E-state index in [-0.39, 0.29) is 0 Å². The largest absolute Gasteiger partial charge is 0.481 e. The van der Waals surface area contributed by atoms with E-state index in [1.807, 2.05) is 0 Å². The molecule has 0 radical (unpaired) electrons. The highest BCUT2D eigenvalue weighted by molar-refractivity contribution is 7.99. The van der Waals surface area contributed by atoms with Gasteiger partial charge in [0, 0.05) is 5.75 Å². The van der Waals surface area contributed by atoms with Gasteiger partial charge in [0.15, 0.2) is 0 Å². The zero-order valence-corrected chi connectivity index (χ0v) is 10.4. The summed E-state index contributed by atoms with van der Waals surface area (Å²) < 4.78 is 0. The van der Waals surface area contributed by atoms with E-state index in [1.54, 1.807) is 11.8 Å². The lowest BCUT2D eigenvalue weighted by Gasteiger charge is -2.41. The van der Waals surface area contributed by atoms with Crippen molar-refractivity contribution in [3.8, 4) is 0 Å². The Morgan fingerprint density at radius 2 is 1.69 bits per heavy atom. The van der Waals surface area contributed by atoms with Crippen molar-refractivity contribution in [2.24, 2.45) is 5.41 Å². The first-order chi connectivity index (χ1) is 7.61. The number of thioether (sulfide) groups is 1. The molecular formula is C12H20O3S. The second-order valence-corrected chi connectivity index (χ2v) is 6.24. The molecule has 2 rings (SSSR count). The summed E-state index contributed by atoms with van der Waals surface area (Å²) in [7, 11) is 0. The molecule has 2 N–H and O–H groups in total. The van der Waals surface area contributed by atoms with Gasteiger partial charge in [-0.15, -0.1) is 0 Å². The van der Waals surface area contributed by atoms with Crippen molar-refractivity contribution in [2.45, 2.75) is 50.5 Å². The Kier molecular flexibility index (Phi) is 3.50. The second-order valence-electron chi connectivity index (χ2n) is 5.14. The zero-order valence-electron chi connectivity index (χ0n) is 9.57. The molecule has 92 valence electrons. The molecular weight excluding hydrogens is 224 g/mol. The summed E-state index contributed by atoms with van der Waals surface area (Å²) in [6.45, 7) is 0. The molecule has 0 spiro atoms. The molecule has 0 aromatic rings. The lowest BCUT2D eigenvalue weighted by molar-refractivity contribution is -0.168. The first-order valence-electron chi connectivity index (χ1n) is 6.14. The Labute approximate surface area is 101 Å². The Morgan fingerprint density at radius 3 is 2.12 bits per heavy atom. The van der Waals surface area contributed by atoms with E-state index in [4.69, 9.17) is 0 Å². The van der Waals surface area contributed by atoms with Gasteiger partial charge in [-0.2, -0.15) is 11.8 Å². The molecule has 2 fully saturated rings. The van der Waals surface area contributed by atoms with Crippen LogP contribution in [0.15, 0.2) is 0 Å². The minimum absolute atomic E-state index is 0.597. The number of hydrogen-bond acceptors (Lipinski definition) is 3. The minimum atomic E-state index is -0.964. The Morgan fingerprint density at radius 1 is 1.06 bits per heavy atom. The fourth-order valence-corrected chi connectivity index (χ4v) is 4.53. The summed E-state index contributed by atoms with van der Waals surface area (Å²) in [4.78, 5) is 11.7. The van der Waals surface area contributed by atoms with Gasteiger partial charge in [-0.25, -0.2) is 0 Å². The van der Waals surface area contributed by atoms with Crippen LogP contribution in [-0.2, 0) is 4.79 Å². The van der Waals surface area contributed by atoms with Crippen molar-refractivity contribution in [1.29, 1.82) is 0 Å². The first kappa shape index (κ1) is 12.2. The van der Waals surface area contributed by atoms with E-state index in [9.17, 15) is 15.0 Å². The van der Waals surface area contributed by atoms with Crippen LogP contribution in [0.4, 0.5) is 0 Å². The van der Waals surface area contributed by atoms with Gasteiger partial charge in [-0.3, -0.25) is 4.79 Å². The van der Waals surface area contributed by atoms with Crippen molar-refractivity contribution in [3.05, 3.63) is 0 Å². The predicted molar refractivity (Wildman–Crippen MR) is 64.7 cm³/mol. The van der Waals surface area contributed by atoms with Crippen LogP contribution in [0.2, 0.25) is 0 Å². The molecule has 1 heterocycles. The van der Waals surface area contributed by atoms with Crippen molar-refractivity contribution < 1.29 is 15.0 Å². The van der Waals surface area contributed by atoms with E-state index < -0.39 is 17.0 Å². The lowest BCUT2D eigenvalue weighted by atomic mass is 9.66. The van der Waals surface area contributed by atoms with Gasteiger partial charge in [0.2, 0.25) is 0 Å². The summed E-state index contributed by atoms with van der Waals surface area (Å²) >= 11 is 1.68. The Hall–Kier alpha value is -0.220. The molecule has 1 saturated heterocycles. The van der Waals surface area contributed by atoms with Crippen LogP contribution in [0, 0.1) is 5.41 Å². The van der Waals surface area contributed by atoms with Gasteiger partial charge in [0.1, 0.15) is 0 Å². The zero-order chi connectivity index (χ0) is 11.6. The molecule has 2 aliphatic rings. The van der Waals surface area contributed by atoms with E-state index in [1.165, 1.54) is 0 Å². The van der Waals surface area contributed by atoms with Crippen molar-refractivity contribution >= 4 is 17.7 Å². The lowest BCUT2D eigenvalue weighted by Crippen LogP contribution is -2.53. The van der Waals surface area contributed by atoms with E-state index in [0.717, 1.165) is 31.4 Å². The molecule has 4 heteroatoms. The number of aliphatic carboxylic acids is 1. The highest BCUT2D eigenvalue weighted by Crippen LogP contribution is 2.50. The standard InChI is InChI=1S/C12H20O3S/c13-10(14)11(5-3-1-2-4-6-11)12(15)7-8-16-9-12/h15H,1-9H2,(H,13,14). The highest BCUT2D eigenvalue weighted by Gasteiger charge is 2.56. The molecule has 0 aromatic heterocycles. The smallest absolute Gasteiger partial charge is 0.312 e. The van der Waals surface area contributed by atoms with Gasteiger partial charge < -0.3 is 10.2 Å². The number of aliphatic hydroxyl groups is 1. The van der Waals surface area contributed by atoms with Crippen molar-refractivity contribution in [3.63, 3.8) is 0 Å². The fourth-order valence-electron chi connectivity index (χ4n) is 3.14. The van der Waals surface area contributed by atoms with Crippen LogP contribution in [0.3, 0.4) is 0 Å². The minimum Gasteiger partial charge on any atom is -0.481 e. The third-order valence-corrected chi connectivity index (χ3v) is 5.43. The SMILES string of the molecule is O=C(O)C1(C2(O)CCSC2)CCCCCC1. The molecule has 1 unspecified atom stereocenters. The van der Waals surface area contributed by atoms with Crippen LogP contribution < -0.4 is 0 Å². The maximum atomic E-state index is 11.7. The summed E-state index contributed by atoms with van der Waals surface area (Å²) in [6.07, 6.45) is 6.05. The monoisotopic (exact) mass is 244 g/mol. The number of hydrogen-bond donors (Lipinski definition) is 2. The highest BCUT2D eigenvalue weighted by atomic mass is 32.2. The summed E-state index contributed by atoms with van der Waals surface area (Å²) in [5.41, 5.74) is -1.83. The molecule has 1 atom stereocenters. The molecule has 1 saturated carbocycles. The van der Waals surface area contributed by atoms with E-state index in [2.05, 4.69) is 0 Å². The van der Waals surface area contributed by atoms with Gasteiger partial charge in [0.05, 0.1) is 11.0 Å². The molecule has 1 aliphatic carbocycles. The Balaban J connectivity index is 2.29. The Bertz CT molecular complexity index is 263. The third-order valence-electron chi connectivity index (χ3n) is 4.26.